The van der Waals surface area contributed by atoms with E-state index in [4.69, 9.17) is 5.41 Å². The lowest BCUT2D eigenvalue weighted by molar-refractivity contribution is 0.388. The van der Waals surface area contributed by atoms with Gasteiger partial charge in [-0.15, -0.1) is 0 Å². The Morgan fingerprint density at radius 2 is 1.64 bits per heavy atom. The molecule has 0 radical (unpaired) electrons. The van der Waals surface area contributed by atoms with E-state index in [1.807, 2.05) is 0 Å². The molecule has 0 spiro atoms. The number of hydrogen-bond donors (Lipinski definition) is 1. The molecule has 2 nitrogen and oxygen atoms in total. The monoisotopic (exact) mass is 196 g/mol. The average molecular weight is 196 g/mol. The van der Waals surface area contributed by atoms with E-state index < -0.39 is 0 Å². The predicted molar refractivity (Wildman–Crippen MR) is 61.8 cm³/mol. The summed E-state index contributed by atoms with van der Waals surface area (Å²) in [4.78, 5) is 2.29. The lowest BCUT2D eigenvalue weighted by Gasteiger charge is -2.27. The van der Waals surface area contributed by atoms with Crippen LogP contribution in [0.15, 0.2) is 0 Å². The van der Waals surface area contributed by atoms with Crippen LogP contribution in [0.3, 0.4) is 0 Å². The Balaban J connectivity index is 2.43. The van der Waals surface area contributed by atoms with Crippen molar-refractivity contribution in [1.82, 2.24) is 4.90 Å². The fourth-order valence-corrected chi connectivity index (χ4v) is 2.35. The maximum Gasteiger partial charge on any atom is 0.0989 e. The molecule has 0 atom stereocenters. The first-order valence-corrected chi connectivity index (χ1v) is 6.13. The van der Waals surface area contributed by atoms with E-state index in [2.05, 4.69) is 18.7 Å². The van der Waals surface area contributed by atoms with E-state index >= 15 is 0 Å². The van der Waals surface area contributed by atoms with Gasteiger partial charge in [-0.2, -0.15) is 0 Å². The van der Waals surface area contributed by atoms with Crippen molar-refractivity contribution in [3.8, 4) is 0 Å². The number of amidine groups is 1. The van der Waals surface area contributed by atoms with E-state index in [1.54, 1.807) is 0 Å². The van der Waals surface area contributed by atoms with Crippen LogP contribution >= 0.6 is 0 Å². The Morgan fingerprint density at radius 3 is 2.07 bits per heavy atom. The van der Waals surface area contributed by atoms with Gasteiger partial charge in [-0.3, -0.25) is 5.41 Å². The van der Waals surface area contributed by atoms with Crippen molar-refractivity contribution in [3.05, 3.63) is 0 Å². The van der Waals surface area contributed by atoms with Crippen LogP contribution in [-0.4, -0.2) is 23.8 Å². The third kappa shape index (κ3) is 3.00. The van der Waals surface area contributed by atoms with Gasteiger partial charge in [0, 0.05) is 19.0 Å². The zero-order chi connectivity index (χ0) is 10.4. The third-order valence-corrected chi connectivity index (χ3v) is 3.07. The summed E-state index contributed by atoms with van der Waals surface area (Å²) in [5, 5.41) is 8.18. The van der Waals surface area contributed by atoms with Crippen LogP contribution in [0.2, 0.25) is 0 Å². The van der Waals surface area contributed by atoms with Crippen molar-refractivity contribution >= 4 is 5.84 Å². The quantitative estimate of drug-likeness (QED) is 0.530. The number of hydrogen-bond acceptors (Lipinski definition) is 1. The Labute approximate surface area is 88.2 Å². The van der Waals surface area contributed by atoms with E-state index in [1.165, 1.54) is 25.7 Å². The first kappa shape index (κ1) is 11.5. The molecule has 1 rings (SSSR count). The molecular formula is C12H24N2. The van der Waals surface area contributed by atoms with Gasteiger partial charge in [0.25, 0.3) is 0 Å². The topological polar surface area (TPSA) is 27.1 Å². The molecule has 0 aromatic carbocycles. The summed E-state index contributed by atoms with van der Waals surface area (Å²) in [6, 6.07) is 0. The summed E-state index contributed by atoms with van der Waals surface area (Å²) < 4.78 is 0. The second-order valence-electron chi connectivity index (χ2n) is 4.35. The average Bonchev–Trinajstić information content (AvgIpc) is 2.69. The number of nitrogens with zero attached hydrogens (tertiary/aromatic N) is 1. The molecule has 0 aliphatic heterocycles. The Kier molecular flexibility index (Phi) is 4.99. The maximum absolute atomic E-state index is 8.18. The van der Waals surface area contributed by atoms with Crippen LogP contribution in [-0.2, 0) is 0 Å². The van der Waals surface area contributed by atoms with Crippen molar-refractivity contribution in [2.45, 2.75) is 52.4 Å². The molecule has 1 N–H and O–H groups in total. The van der Waals surface area contributed by atoms with E-state index in [0.29, 0.717) is 5.92 Å². The molecule has 0 amide bonds. The van der Waals surface area contributed by atoms with Crippen molar-refractivity contribution in [2.24, 2.45) is 5.92 Å². The predicted octanol–water partition coefficient (Wildman–Crippen LogP) is 3.28. The summed E-state index contributed by atoms with van der Waals surface area (Å²) in [6.07, 6.45) is 7.49. The van der Waals surface area contributed by atoms with Crippen molar-refractivity contribution in [2.75, 3.05) is 13.1 Å². The maximum atomic E-state index is 8.18. The van der Waals surface area contributed by atoms with Gasteiger partial charge in [0.1, 0.15) is 0 Å². The smallest absolute Gasteiger partial charge is 0.0989 e. The van der Waals surface area contributed by atoms with E-state index in [-0.39, 0.29) is 0 Å². The molecule has 82 valence electrons. The van der Waals surface area contributed by atoms with Gasteiger partial charge in [0.05, 0.1) is 5.84 Å². The van der Waals surface area contributed by atoms with Gasteiger partial charge in [-0.1, -0.05) is 26.7 Å². The highest BCUT2D eigenvalue weighted by molar-refractivity contribution is 5.81. The van der Waals surface area contributed by atoms with Crippen molar-refractivity contribution in [1.29, 1.82) is 5.41 Å². The Bertz CT molecular complexity index is 165. The number of nitrogens with one attached hydrogen (secondary N) is 1. The van der Waals surface area contributed by atoms with Crippen LogP contribution in [0.4, 0.5) is 0 Å². The van der Waals surface area contributed by atoms with E-state index in [0.717, 1.165) is 31.8 Å². The third-order valence-electron chi connectivity index (χ3n) is 3.07. The summed E-state index contributed by atoms with van der Waals surface area (Å²) in [5.74, 6) is 1.50. The van der Waals surface area contributed by atoms with Gasteiger partial charge < -0.3 is 4.90 Å². The minimum atomic E-state index is 0.577. The molecule has 0 heterocycles. The van der Waals surface area contributed by atoms with Crippen LogP contribution in [0, 0.1) is 11.3 Å². The second-order valence-corrected chi connectivity index (χ2v) is 4.35. The van der Waals surface area contributed by atoms with Crippen molar-refractivity contribution < 1.29 is 0 Å². The molecule has 2 heteroatoms. The van der Waals surface area contributed by atoms with Crippen LogP contribution in [0.5, 0.6) is 0 Å². The standard InChI is InChI=1S/C12H24N2/c1-3-9-14(10-4-2)12(13)11-7-5-6-8-11/h11,13H,3-10H2,1-2H3. The molecule has 1 fully saturated rings. The molecule has 1 saturated carbocycles. The molecule has 0 saturated heterocycles. The molecule has 0 aromatic heterocycles. The minimum Gasteiger partial charge on any atom is -0.360 e. The summed E-state index contributed by atoms with van der Waals surface area (Å²) in [6.45, 7) is 6.54. The summed E-state index contributed by atoms with van der Waals surface area (Å²) in [5.41, 5.74) is 0. The highest BCUT2D eigenvalue weighted by atomic mass is 15.2. The first-order valence-electron chi connectivity index (χ1n) is 6.13. The van der Waals surface area contributed by atoms with Gasteiger partial charge in [0.2, 0.25) is 0 Å². The minimum absolute atomic E-state index is 0.577. The summed E-state index contributed by atoms with van der Waals surface area (Å²) in [7, 11) is 0. The molecule has 0 aromatic rings. The lowest BCUT2D eigenvalue weighted by atomic mass is 10.1. The van der Waals surface area contributed by atoms with Gasteiger partial charge in [-0.25, -0.2) is 0 Å². The highest BCUT2D eigenvalue weighted by Crippen LogP contribution is 2.26. The van der Waals surface area contributed by atoms with Crippen LogP contribution in [0.1, 0.15) is 52.4 Å². The molecular weight excluding hydrogens is 172 g/mol. The fourth-order valence-electron chi connectivity index (χ4n) is 2.35. The Hall–Kier alpha value is -0.530. The molecule has 1 aliphatic rings. The zero-order valence-corrected chi connectivity index (χ0v) is 9.68. The zero-order valence-electron chi connectivity index (χ0n) is 9.68. The normalized spacial score (nSPS) is 17.3. The van der Waals surface area contributed by atoms with Crippen molar-refractivity contribution in [3.63, 3.8) is 0 Å². The van der Waals surface area contributed by atoms with Gasteiger partial charge in [-0.05, 0) is 25.7 Å². The molecule has 0 unspecified atom stereocenters. The fraction of sp³-hybridized carbons (Fsp3) is 0.917. The molecule has 0 bridgehead atoms. The van der Waals surface area contributed by atoms with Crippen LogP contribution < -0.4 is 0 Å². The Morgan fingerprint density at radius 1 is 1.14 bits per heavy atom. The van der Waals surface area contributed by atoms with Gasteiger partial charge in [0.15, 0.2) is 0 Å². The van der Waals surface area contributed by atoms with Gasteiger partial charge >= 0.3 is 0 Å². The molecule has 14 heavy (non-hydrogen) atoms. The van der Waals surface area contributed by atoms with Crippen LogP contribution in [0.25, 0.3) is 0 Å². The summed E-state index contributed by atoms with van der Waals surface area (Å²) >= 11 is 0. The van der Waals surface area contributed by atoms with E-state index in [9.17, 15) is 0 Å². The highest BCUT2D eigenvalue weighted by Gasteiger charge is 2.22. The SMILES string of the molecule is CCCN(CCC)C(=N)C1CCCC1. The lowest BCUT2D eigenvalue weighted by Crippen LogP contribution is -2.35. The largest absolute Gasteiger partial charge is 0.360 e. The number of rotatable bonds is 5. The second kappa shape index (κ2) is 6.05. The molecule has 1 aliphatic carbocycles. The first-order chi connectivity index (χ1) is 6.79.